The number of anilines is 3. The number of nitrogens with one attached hydrogen (secondary N) is 2. The number of methoxy groups -OCH3 is 1. The Morgan fingerprint density at radius 3 is 2.38 bits per heavy atom. The van der Waals surface area contributed by atoms with Crippen LogP contribution in [0.15, 0.2) is 53.6 Å². The number of fused-ring (bicyclic) bond motifs is 2. The van der Waals surface area contributed by atoms with E-state index in [1.165, 1.54) is 23.5 Å². The molecule has 53 heavy (non-hydrogen) atoms. The van der Waals surface area contributed by atoms with Gasteiger partial charge in [0.15, 0.2) is 20.8 Å². The van der Waals surface area contributed by atoms with Crippen molar-refractivity contribution in [1.29, 1.82) is 0 Å². The van der Waals surface area contributed by atoms with Gasteiger partial charge in [-0.25, -0.2) is 36.2 Å². The third kappa shape index (κ3) is 6.58. The number of halogens is 4. The average molecular weight is 794 g/mol. The maximum absolute atomic E-state index is 16.6. The van der Waals surface area contributed by atoms with Gasteiger partial charge in [-0.15, -0.1) is 0 Å². The van der Waals surface area contributed by atoms with Gasteiger partial charge in [0, 0.05) is 48.4 Å². The summed E-state index contributed by atoms with van der Waals surface area (Å²) in [6.07, 6.45) is -0.220. The first kappa shape index (κ1) is 35.9. The number of likely N-dealkylation sites (N-methyl/N-ethyl adjacent to an activating group) is 1. The molecule has 12 nitrogen and oxygen atoms in total. The second kappa shape index (κ2) is 12.8. The van der Waals surface area contributed by atoms with Crippen molar-refractivity contribution in [2.45, 2.75) is 54.9 Å². The summed E-state index contributed by atoms with van der Waals surface area (Å²) in [5.74, 6) is -0.918. The number of nitrogens with zero attached hydrogens (tertiary/aromatic N) is 5. The minimum atomic E-state index is -5.04. The fourth-order valence-electron chi connectivity index (χ4n) is 8.32. The fourth-order valence-corrected chi connectivity index (χ4v) is 13.2. The molecule has 1 spiro atoms. The van der Waals surface area contributed by atoms with E-state index < -0.39 is 53.7 Å². The Morgan fingerprint density at radius 1 is 1.02 bits per heavy atom. The van der Waals surface area contributed by atoms with Crippen molar-refractivity contribution in [2.24, 2.45) is 5.41 Å². The zero-order valence-electron chi connectivity index (χ0n) is 28.5. The van der Waals surface area contributed by atoms with Gasteiger partial charge < -0.3 is 19.9 Å². The van der Waals surface area contributed by atoms with Crippen molar-refractivity contribution in [3.05, 3.63) is 60.0 Å². The van der Waals surface area contributed by atoms with E-state index in [2.05, 4.69) is 27.1 Å². The number of benzene rings is 2. The summed E-state index contributed by atoms with van der Waals surface area (Å²) >= 11 is 1.32. The predicted molar refractivity (Wildman–Crippen MR) is 192 cm³/mol. The molecule has 5 heterocycles. The lowest BCUT2D eigenvalue weighted by Crippen LogP contribution is -2.60. The molecule has 0 amide bonds. The van der Waals surface area contributed by atoms with Crippen molar-refractivity contribution in [2.75, 3.05) is 53.7 Å². The van der Waals surface area contributed by atoms with Gasteiger partial charge >= 0.3 is 6.18 Å². The van der Waals surface area contributed by atoms with Gasteiger partial charge in [-0.05, 0) is 63.1 Å². The lowest BCUT2D eigenvalue weighted by atomic mass is 9.67. The number of ether oxygens (including phenoxy) is 1. The zero-order valence-corrected chi connectivity index (χ0v) is 31.0. The first-order valence-corrected chi connectivity index (χ1v) is 21.0. The Balaban J connectivity index is 1.16. The van der Waals surface area contributed by atoms with Crippen LogP contribution in [0.2, 0.25) is 0 Å². The SMILES string of the molecule is COc1cccc(C(F)(F)F)c1S(=O)(=O)Nc1cccc(-c2nc(N3C4CCC3CN(C)C4)sc2-c2ccnc(NC3CC4(C3)CS(=O)(=O)C4)n2)c1F. The Kier molecular flexibility index (Phi) is 8.66. The molecule has 2 bridgehead atoms. The van der Waals surface area contributed by atoms with E-state index in [9.17, 15) is 30.0 Å². The van der Waals surface area contributed by atoms with E-state index in [0.29, 0.717) is 40.6 Å². The molecule has 2 atom stereocenters. The predicted octanol–water partition coefficient (Wildman–Crippen LogP) is 5.51. The molecule has 8 rings (SSSR count). The quantitative estimate of drug-likeness (QED) is 0.207. The van der Waals surface area contributed by atoms with Crippen molar-refractivity contribution >= 4 is 48.0 Å². The molecule has 3 aliphatic heterocycles. The molecular weight excluding hydrogens is 759 g/mol. The summed E-state index contributed by atoms with van der Waals surface area (Å²) in [6, 6.07) is 8.68. The number of thiazole rings is 1. The van der Waals surface area contributed by atoms with Crippen LogP contribution in [0.3, 0.4) is 0 Å². The molecule has 4 aliphatic rings. The number of hydrogen-bond acceptors (Lipinski definition) is 12. The van der Waals surface area contributed by atoms with Crippen LogP contribution in [0.4, 0.5) is 34.3 Å². The second-order valence-electron chi connectivity index (χ2n) is 14.3. The van der Waals surface area contributed by atoms with E-state index in [-0.39, 0.29) is 46.3 Å². The molecule has 3 saturated heterocycles. The van der Waals surface area contributed by atoms with Gasteiger partial charge in [0.2, 0.25) is 5.95 Å². The average Bonchev–Trinajstić information content (AvgIpc) is 3.61. The van der Waals surface area contributed by atoms with Gasteiger partial charge in [-0.3, -0.25) is 4.72 Å². The third-order valence-electron chi connectivity index (χ3n) is 10.4. The molecule has 282 valence electrons. The molecule has 2 N–H and O–H groups in total. The lowest BCUT2D eigenvalue weighted by molar-refractivity contribution is -0.140. The largest absolute Gasteiger partial charge is 0.495 e. The number of rotatable bonds is 9. The lowest BCUT2D eigenvalue weighted by Gasteiger charge is -2.53. The molecule has 2 aromatic heterocycles. The van der Waals surface area contributed by atoms with Crippen LogP contribution in [0.5, 0.6) is 5.75 Å². The van der Waals surface area contributed by atoms with E-state index in [0.717, 1.165) is 51.2 Å². The summed E-state index contributed by atoms with van der Waals surface area (Å²) in [5.41, 5.74) is -1.71. The zero-order chi connectivity index (χ0) is 37.5. The van der Waals surface area contributed by atoms with Crippen molar-refractivity contribution in [3.8, 4) is 27.6 Å². The molecule has 1 aliphatic carbocycles. The molecule has 4 fully saturated rings. The van der Waals surface area contributed by atoms with Crippen LogP contribution in [0.1, 0.15) is 31.2 Å². The van der Waals surface area contributed by atoms with Gasteiger partial charge in [0.05, 0.1) is 46.1 Å². The number of alkyl halides is 3. The van der Waals surface area contributed by atoms with E-state index in [1.807, 2.05) is 4.72 Å². The Bertz CT molecular complexity index is 2290. The molecule has 0 radical (unpaired) electrons. The molecule has 19 heteroatoms. The van der Waals surface area contributed by atoms with Gasteiger partial charge in [-0.2, -0.15) is 13.2 Å². The highest BCUT2D eigenvalue weighted by Gasteiger charge is 2.56. The normalized spacial score (nSPS) is 22.3. The van der Waals surface area contributed by atoms with Crippen molar-refractivity contribution in [3.63, 3.8) is 0 Å². The molecule has 4 aromatic rings. The molecule has 2 unspecified atom stereocenters. The van der Waals surface area contributed by atoms with Crippen LogP contribution in [-0.4, -0.2) is 93.6 Å². The highest BCUT2D eigenvalue weighted by molar-refractivity contribution is 7.93. The van der Waals surface area contributed by atoms with Gasteiger partial charge in [0.1, 0.15) is 10.6 Å². The Hall–Kier alpha value is -4.07. The highest BCUT2D eigenvalue weighted by Crippen LogP contribution is 2.51. The van der Waals surface area contributed by atoms with E-state index in [1.54, 1.807) is 12.3 Å². The fraction of sp³-hybridized carbons (Fsp3) is 0.441. The monoisotopic (exact) mass is 793 g/mol. The summed E-state index contributed by atoms with van der Waals surface area (Å²) in [5, 5.41) is 3.94. The number of aromatic nitrogens is 3. The summed E-state index contributed by atoms with van der Waals surface area (Å²) in [6.45, 7) is 1.64. The van der Waals surface area contributed by atoms with Crippen LogP contribution in [0.25, 0.3) is 21.8 Å². The third-order valence-corrected chi connectivity index (χ3v) is 15.0. The Morgan fingerprint density at radius 2 is 1.72 bits per heavy atom. The first-order chi connectivity index (χ1) is 25.0. The van der Waals surface area contributed by atoms with Crippen LogP contribution in [0, 0.1) is 11.2 Å². The van der Waals surface area contributed by atoms with Crippen LogP contribution < -0.4 is 19.7 Å². The number of likely N-dealkylation sites (tertiary alicyclic amines) is 1. The van der Waals surface area contributed by atoms with Crippen molar-refractivity contribution in [1.82, 2.24) is 19.9 Å². The van der Waals surface area contributed by atoms with Gasteiger partial charge in [0.25, 0.3) is 10.0 Å². The standard InChI is InChI=1S/C34H35F4N7O5S3/c1-44-15-20-9-10-21(16-44)45(20)32-42-28(29(51-32)25-11-12-39-31(41-25)40-19-13-33(14-19)17-52(46,47)18-33)22-5-3-7-24(27(22)35)43-53(48,49)30-23(34(36,37)38)6-4-8-26(30)50-2/h3-8,11-12,19-21,43H,9-10,13-18H2,1-2H3,(H,39,40,41). The molecule has 2 aromatic carbocycles. The summed E-state index contributed by atoms with van der Waals surface area (Å²) in [7, 11) is -4.89. The highest BCUT2D eigenvalue weighted by atomic mass is 32.2. The minimum absolute atomic E-state index is 0.0125. The maximum Gasteiger partial charge on any atom is 0.417 e. The summed E-state index contributed by atoms with van der Waals surface area (Å²) in [4.78, 5) is 17.9. The second-order valence-corrected chi connectivity index (χ2v) is 19.0. The number of hydrogen-bond donors (Lipinski definition) is 2. The van der Waals surface area contributed by atoms with Crippen LogP contribution in [-0.2, 0) is 26.0 Å². The first-order valence-electron chi connectivity index (χ1n) is 16.9. The van der Waals surface area contributed by atoms with Crippen LogP contribution >= 0.6 is 11.3 Å². The topological polar surface area (TPSA) is 147 Å². The van der Waals surface area contributed by atoms with E-state index >= 15 is 4.39 Å². The Labute approximate surface area is 307 Å². The number of sulfone groups is 1. The minimum Gasteiger partial charge on any atom is -0.495 e. The molecular formula is C34H35F4N7O5S3. The number of sulfonamides is 1. The van der Waals surface area contributed by atoms with E-state index in [4.69, 9.17) is 14.7 Å². The number of piperazine rings is 1. The summed E-state index contributed by atoms with van der Waals surface area (Å²) < 4.78 is 116. The molecule has 1 saturated carbocycles. The van der Waals surface area contributed by atoms with Crippen molar-refractivity contribution < 1.29 is 39.1 Å². The smallest absolute Gasteiger partial charge is 0.417 e. The maximum atomic E-state index is 16.6. The van der Waals surface area contributed by atoms with Gasteiger partial charge in [-0.1, -0.05) is 23.5 Å².